The molecule has 76 valence electrons. The van der Waals surface area contributed by atoms with Gasteiger partial charge in [0.1, 0.15) is 11.9 Å². The topological polar surface area (TPSA) is 35.2 Å². The Balaban J connectivity index is 2.35. The standard InChI is InChI=1S/C11H14BrNO/c1-2-8-6-10(13)9-5-7(12)3-4-11(9)14-8/h3-5,8,10H,2,6,13H2,1H3/t8?,10-/m0/s1. The van der Waals surface area contributed by atoms with E-state index in [1.807, 2.05) is 18.2 Å². The normalized spacial score (nSPS) is 25.4. The van der Waals surface area contributed by atoms with Gasteiger partial charge in [0.15, 0.2) is 0 Å². The highest BCUT2D eigenvalue weighted by molar-refractivity contribution is 9.10. The maximum absolute atomic E-state index is 6.08. The molecule has 0 aliphatic carbocycles. The van der Waals surface area contributed by atoms with Gasteiger partial charge in [0.25, 0.3) is 0 Å². The first-order chi connectivity index (χ1) is 6.70. The van der Waals surface area contributed by atoms with Gasteiger partial charge in [0.05, 0.1) is 0 Å². The molecular weight excluding hydrogens is 242 g/mol. The molecule has 1 heterocycles. The van der Waals surface area contributed by atoms with Crippen LogP contribution in [0.4, 0.5) is 0 Å². The largest absolute Gasteiger partial charge is 0.490 e. The Bertz CT molecular complexity index is 340. The molecule has 1 unspecified atom stereocenters. The molecule has 0 saturated heterocycles. The van der Waals surface area contributed by atoms with Crippen LogP contribution in [0.25, 0.3) is 0 Å². The van der Waals surface area contributed by atoms with E-state index in [2.05, 4.69) is 22.9 Å². The fourth-order valence-electron chi connectivity index (χ4n) is 1.80. The van der Waals surface area contributed by atoms with E-state index in [4.69, 9.17) is 10.5 Å². The third-order valence-electron chi connectivity index (χ3n) is 2.64. The van der Waals surface area contributed by atoms with E-state index < -0.39 is 0 Å². The van der Waals surface area contributed by atoms with Crippen LogP contribution in [0.3, 0.4) is 0 Å². The van der Waals surface area contributed by atoms with Crippen LogP contribution in [0.5, 0.6) is 5.75 Å². The SMILES string of the molecule is CCC1C[C@H](N)c2cc(Br)ccc2O1. The van der Waals surface area contributed by atoms with E-state index in [9.17, 15) is 0 Å². The zero-order chi connectivity index (χ0) is 10.1. The van der Waals surface area contributed by atoms with Crippen LogP contribution in [0.1, 0.15) is 31.4 Å². The first-order valence-electron chi connectivity index (χ1n) is 4.92. The van der Waals surface area contributed by atoms with Gasteiger partial charge < -0.3 is 10.5 Å². The van der Waals surface area contributed by atoms with Gasteiger partial charge in [0.2, 0.25) is 0 Å². The van der Waals surface area contributed by atoms with Crippen molar-refractivity contribution in [2.45, 2.75) is 31.9 Å². The zero-order valence-electron chi connectivity index (χ0n) is 8.16. The number of ether oxygens (including phenoxy) is 1. The molecule has 0 radical (unpaired) electrons. The first kappa shape index (κ1) is 9.99. The predicted octanol–water partition coefficient (Wildman–Crippen LogP) is 3.01. The lowest BCUT2D eigenvalue weighted by atomic mass is 9.96. The van der Waals surface area contributed by atoms with Crippen molar-refractivity contribution in [3.63, 3.8) is 0 Å². The van der Waals surface area contributed by atoms with Crippen molar-refractivity contribution in [2.24, 2.45) is 5.73 Å². The number of benzene rings is 1. The highest BCUT2D eigenvalue weighted by Crippen LogP contribution is 2.35. The van der Waals surface area contributed by atoms with E-state index in [1.54, 1.807) is 0 Å². The lowest BCUT2D eigenvalue weighted by Crippen LogP contribution is -2.28. The molecule has 0 aromatic heterocycles. The molecule has 1 aliphatic heterocycles. The minimum Gasteiger partial charge on any atom is -0.490 e. The number of hydrogen-bond donors (Lipinski definition) is 1. The Kier molecular flexibility index (Phi) is 2.79. The molecule has 0 fully saturated rings. The van der Waals surface area contributed by atoms with Crippen molar-refractivity contribution < 1.29 is 4.74 Å². The van der Waals surface area contributed by atoms with Crippen LogP contribution in [-0.4, -0.2) is 6.10 Å². The highest BCUT2D eigenvalue weighted by atomic mass is 79.9. The molecule has 0 spiro atoms. The molecule has 2 N–H and O–H groups in total. The molecule has 1 aromatic rings. The Hall–Kier alpha value is -0.540. The molecular formula is C11H14BrNO. The number of fused-ring (bicyclic) bond motifs is 1. The summed E-state index contributed by atoms with van der Waals surface area (Å²) in [5.41, 5.74) is 7.20. The van der Waals surface area contributed by atoms with E-state index in [1.165, 1.54) is 0 Å². The number of nitrogens with two attached hydrogens (primary N) is 1. The molecule has 1 aliphatic rings. The third-order valence-corrected chi connectivity index (χ3v) is 3.13. The summed E-state index contributed by atoms with van der Waals surface area (Å²) in [4.78, 5) is 0. The Morgan fingerprint density at radius 3 is 3.07 bits per heavy atom. The lowest BCUT2D eigenvalue weighted by molar-refractivity contribution is 0.155. The third kappa shape index (κ3) is 1.79. The average Bonchev–Trinajstić information content (AvgIpc) is 2.19. The van der Waals surface area contributed by atoms with Crippen molar-refractivity contribution in [3.8, 4) is 5.75 Å². The van der Waals surface area contributed by atoms with Crippen LogP contribution in [0, 0.1) is 0 Å². The van der Waals surface area contributed by atoms with Gasteiger partial charge in [-0.2, -0.15) is 0 Å². The Morgan fingerprint density at radius 1 is 1.57 bits per heavy atom. The highest BCUT2D eigenvalue weighted by Gasteiger charge is 2.24. The summed E-state index contributed by atoms with van der Waals surface area (Å²) >= 11 is 3.44. The average molecular weight is 256 g/mol. The predicted molar refractivity (Wildman–Crippen MR) is 60.4 cm³/mol. The summed E-state index contributed by atoms with van der Waals surface area (Å²) in [6, 6.07) is 6.14. The van der Waals surface area contributed by atoms with Crippen LogP contribution in [0.2, 0.25) is 0 Å². The first-order valence-corrected chi connectivity index (χ1v) is 5.71. The van der Waals surface area contributed by atoms with E-state index in [0.717, 1.165) is 28.6 Å². The summed E-state index contributed by atoms with van der Waals surface area (Å²) in [5, 5.41) is 0. The minimum atomic E-state index is 0.112. The molecule has 0 saturated carbocycles. The number of halogens is 1. The van der Waals surface area contributed by atoms with Gasteiger partial charge in [-0.3, -0.25) is 0 Å². The summed E-state index contributed by atoms with van der Waals surface area (Å²) in [7, 11) is 0. The van der Waals surface area contributed by atoms with Gasteiger partial charge in [-0.1, -0.05) is 22.9 Å². The monoisotopic (exact) mass is 255 g/mol. The van der Waals surface area contributed by atoms with Crippen molar-refractivity contribution in [3.05, 3.63) is 28.2 Å². The molecule has 0 amide bonds. The number of hydrogen-bond acceptors (Lipinski definition) is 2. The summed E-state index contributed by atoms with van der Waals surface area (Å²) in [6.45, 7) is 2.13. The van der Waals surface area contributed by atoms with Gasteiger partial charge in [-0.15, -0.1) is 0 Å². The van der Waals surface area contributed by atoms with Crippen molar-refractivity contribution >= 4 is 15.9 Å². The van der Waals surface area contributed by atoms with Gasteiger partial charge >= 0.3 is 0 Å². The Morgan fingerprint density at radius 2 is 2.36 bits per heavy atom. The Labute approximate surface area is 92.6 Å². The van der Waals surface area contributed by atoms with E-state index in [0.29, 0.717) is 0 Å². The summed E-state index contributed by atoms with van der Waals surface area (Å²) in [6.07, 6.45) is 2.21. The van der Waals surface area contributed by atoms with Crippen LogP contribution in [-0.2, 0) is 0 Å². The van der Waals surface area contributed by atoms with E-state index in [-0.39, 0.29) is 12.1 Å². The lowest BCUT2D eigenvalue weighted by Gasteiger charge is -2.29. The molecule has 3 heteroatoms. The second-order valence-corrected chi connectivity index (χ2v) is 4.59. The summed E-state index contributed by atoms with van der Waals surface area (Å²) in [5.74, 6) is 0.943. The summed E-state index contributed by atoms with van der Waals surface area (Å²) < 4.78 is 6.87. The van der Waals surface area contributed by atoms with Gasteiger partial charge in [-0.05, 0) is 24.6 Å². The molecule has 2 atom stereocenters. The molecule has 2 nitrogen and oxygen atoms in total. The fourth-order valence-corrected chi connectivity index (χ4v) is 2.18. The second kappa shape index (κ2) is 3.91. The van der Waals surface area contributed by atoms with Crippen molar-refractivity contribution in [2.75, 3.05) is 0 Å². The molecule has 0 bridgehead atoms. The quantitative estimate of drug-likeness (QED) is 0.838. The van der Waals surface area contributed by atoms with Crippen LogP contribution >= 0.6 is 15.9 Å². The molecule has 2 rings (SSSR count). The second-order valence-electron chi connectivity index (χ2n) is 3.67. The van der Waals surface area contributed by atoms with Gasteiger partial charge in [-0.25, -0.2) is 0 Å². The number of rotatable bonds is 1. The molecule has 14 heavy (non-hydrogen) atoms. The zero-order valence-corrected chi connectivity index (χ0v) is 9.75. The maximum atomic E-state index is 6.08. The van der Waals surface area contributed by atoms with Crippen LogP contribution < -0.4 is 10.5 Å². The minimum absolute atomic E-state index is 0.112. The van der Waals surface area contributed by atoms with Gasteiger partial charge in [0, 0.05) is 22.5 Å². The van der Waals surface area contributed by atoms with Crippen molar-refractivity contribution in [1.82, 2.24) is 0 Å². The fraction of sp³-hybridized carbons (Fsp3) is 0.455. The maximum Gasteiger partial charge on any atom is 0.124 e. The van der Waals surface area contributed by atoms with Crippen molar-refractivity contribution in [1.29, 1.82) is 0 Å². The smallest absolute Gasteiger partial charge is 0.124 e. The van der Waals surface area contributed by atoms with E-state index >= 15 is 0 Å². The molecule has 1 aromatic carbocycles. The van der Waals surface area contributed by atoms with Crippen LogP contribution in [0.15, 0.2) is 22.7 Å².